The van der Waals surface area contributed by atoms with E-state index in [1.807, 2.05) is 4.90 Å². The number of hydrogen-bond donors (Lipinski definition) is 0. The topological polar surface area (TPSA) is 52.6 Å². The molecule has 0 spiro atoms. The first-order valence-electron chi connectivity index (χ1n) is 10.0. The second kappa shape index (κ2) is 8.54. The maximum absolute atomic E-state index is 13.0. The third kappa shape index (κ3) is 4.40. The van der Waals surface area contributed by atoms with Crippen LogP contribution >= 0.6 is 0 Å². The Balaban J connectivity index is 1.33. The van der Waals surface area contributed by atoms with Crippen LogP contribution in [0.25, 0.3) is 0 Å². The molecule has 28 heavy (non-hydrogen) atoms. The fraction of sp³-hybridized carbons (Fsp3) is 0.476. The lowest BCUT2D eigenvalue weighted by Gasteiger charge is -2.36. The molecule has 0 atom stereocenters. The summed E-state index contributed by atoms with van der Waals surface area (Å²) in [4.78, 5) is 27.9. The summed E-state index contributed by atoms with van der Waals surface area (Å²) in [5.74, 6) is 1.74. The molecular weight excluding hydrogens is 357 g/mol. The van der Waals surface area contributed by atoms with Gasteiger partial charge in [0.05, 0.1) is 6.42 Å². The molecule has 3 heterocycles. The number of rotatable bonds is 4. The Bertz CT molecular complexity index is 799. The standard InChI is InChI=1S/C21H26FN5O/c22-18-6-4-17(5-7-18)14-21(28)27-12-10-26(11-13-27)20-15-19(23-16-24-20)25-8-2-1-3-9-25/h4-7,15-16H,1-3,8-14H2. The molecule has 0 saturated carbocycles. The summed E-state index contributed by atoms with van der Waals surface area (Å²) in [5, 5.41) is 0. The van der Waals surface area contributed by atoms with Crippen molar-refractivity contribution in [3.05, 3.63) is 48.0 Å². The molecule has 2 aromatic rings. The summed E-state index contributed by atoms with van der Waals surface area (Å²) in [6, 6.07) is 8.21. The third-order valence-corrected chi connectivity index (χ3v) is 5.54. The van der Waals surface area contributed by atoms with E-state index in [1.54, 1.807) is 18.5 Å². The van der Waals surface area contributed by atoms with Crippen LogP contribution in [-0.4, -0.2) is 60.0 Å². The van der Waals surface area contributed by atoms with Crippen LogP contribution < -0.4 is 9.80 Å². The molecule has 0 unspecified atom stereocenters. The molecule has 0 aliphatic carbocycles. The maximum Gasteiger partial charge on any atom is 0.227 e. The summed E-state index contributed by atoms with van der Waals surface area (Å²) in [7, 11) is 0. The number of carbonyl (C=O) groups is 1. The second-order valence-corrected chi connectivity index (χ2v) is 7.45. The van der Waals surface area contributed by atoms with Crippen molar-refractivity contribution in [2.75, 3.05) is 49.1 Å². The molecule has 0 N–H and O–H groups in total. The Morgan fingerprint density at radius 2 is 1.46 bits per heavy atom. The fourth-order valence-corrected chi connectivity index (χ4v) is 3.88. The normalized spacial score (nSPS) is 17.7. The number of halogens is 1. The van der Waals surface area contributed by atoms with Crippen LogP contribution in [0.15, 0.2) is 36.7 Å². The predicted molar refractivity (Wildman–Crippen MR) is 107 cm³/mol. The number of aromatic nitrogens is 2. The van der Waals surface area contributed by atoms with Gasteiger partial charge in [-0.15, -0.1) is 0 Å². The Hall–Kier alpha value is -2.70. The van der Waals surface area contributed by atoms with E-state index in [2.05, 4.69) is 25.8 Å². The number of benzene rings is 1. The Morgan fingerprint density at radius 3 is 2.11 bits per heavy atom. The van der Waals surface area contributed by atoms with E-state index in [1.165, 1.54) is 31.4 Å². The summed E-state index contributed by atoms with van der Waals surface area (Å²) < 4.78 is 13.0. The summed E-state index contributed by atoms with van der Waals surface area (Å²) >= 11 is 0. The van der Waals surface area contributed by atoms with Crippen molar-refractivity contribution in [2.24, 2.45) is 0 Å². The van der Waals surface area contributed by atoms with Gasteiger partial charge in [0.15, 0.2) is 0 Å². The van der Waals surface area contributed by atoms with E-state index in [4.69, 9.17) is 0 Å². The van der Waals surface area contributed by atoms with Crippen LogP contribution in [0.4, 0.5) is 16.0 Å². The van der Waals surface area contributed by atoms with Gasteiger partial charge in [-0.2, -0.15) is 0 Å². The highest BCUT2D eigenvalue weighted by Crippen LogP contribution is 2.22. The van der Waals surface area contributed by atoms with Crippen LogP contribution in [0.5, 0.6) is 0 Å². The molecule has 148 valence electrons. The van der Waals surface area contributed by atoms with Crippen molar-refractivity contribution in [1.29, 1.82) is 0 Å². The summed E-state index contributed by atoms with van der Waals surface area (Å²) in [5.41, 5.74) is 0.843. The van der Waals surface area contributed by atoms with Gasteiger partial charge >= 0.3 is 0 Å². The summed E-state index contributed by atoms with van der Waals surface area (Å²) in [6.07, 6.45) is 5.68. The van der Waals surface area contributed by atoms with E-state index in [0.717, 1.165) is 43.4 Å². The van der Waals surface area contributed by atoms with Crippen LogP contribution in [0.1, 0.15) is 24.8 Å². The number of carbonyl (C=O) groups excluding carboxylic acids is 1. The molecule has 6 nitrogen and oxygen atoms in total. The van der Waals surface area contributed by atoms with Gasteiger partial charge in [-0.3, -0.25) is 4.79 Å². The Labute approximate surface area is 165 Å². The van der Waals surface area contributed by atoms with Gasteiger partial charge in [0.2, 0.25) is 5.91 Å². The zero-order valence-electron chi connectivity index (χ0n) is 16.1. The molecule has 2 aliphatic rings. The van der Waals surface area contributed by atoms with Crippen molar-refractivity contribution in [3.8, 4) is 0 Å². The van der Waals surface area contributed by atoms with Gasteiger partial charge in [-0.25, -0.2) is 14.4 Å². The summed E-state index contributed by atoms with van der Waals surface area (Å²) in [6.45, 7) is 4.97. The molecular formula is C21H26FN5O. The van der Waals surface area contributed by atoms with Crippen molar-refractivity contribution >= 4 is 17.5 Å². The smallest absolute Gasteiger partial charge is 0.227 e. The quantitative estimate of drug-likeness (QED) is 0.812. The minimum Gasteiger partial charge on any atom is -0.356 e. The number of nitrogens with zero attached hydrogens (tertiary/aromatic N) is 5. The first-order chi connectivity index (χ1) is 13.7. The minimum atomic E-state index is -0.279. The van der Waals surface area contributed by atoms with E-state index in [-0.39, 0.29) is 11.7 Å². The molecule has 2 saturated heterocycles. The van der Waals surface area contributed by atoms with Crippen molar-refractivity contribution in [1.82, 2.24) is 14.9 Å². The van der Waals surface area contributed by atoms with Crippen LogP contribution in [-0.2, 0) is 11.2 Å². The monoisotopic (exact) mass is 383 g/mol. The van der Waals surface area contributed by atoms with Crippen molar-refractivity contribution in [3.63, 3.8) is 0 Å². The molecule has 7 heteroatoms. The average molecular weight is 383 g/mol. The molecule has 4 rings (SSSR count). The minimum absolute atomic E-state index is 0.0861. The van der Waals surface area contributed by atoms with Gasteiger partial charge in [-0.05, 0) is 37.0 Å². The van der Waals surface area contributed by atoms with Crippen LogP contribution in [0.3, 0.4) is 0 Å². The first-order valence-corrected chi connectivity index (χ1v) is 10.0. The zero-order valence-corrected chi connectivity index (χ0v) is 16.1. The van der Waals surface area contributed by atoms with E-state index in [9.17, 15) is 9.18 Å². The third-order valence-electron chi connectivity index (χ3n) is 5.54. The van der Waals surface area contributed by atoms with Gasteiger partial charge in [0.25, 0.3) is 0 Å². The predicted octanol–water partition coefficient (Wildman–Crippen LogP) is 2.50. The average Bonchev–Trinajstić information content (AvgIpc) is 2.76. The Morgan fingerprint density at radius 1 is 0.857 bits per heavy atom. The second-order valence-electron chi connectivity index (χ2n) is 7.45. The fourth-order valence-electron chi connectivity index (χ4n) is 3.88. The van der Waals surface area contributed by atoms with Crippen LogP contribution in [0, 0.1) is 5.82 Å². The largest absolute Gasteiger partial charge is 0.356 e. The van der Waals surface area contributed by atoms with Gasteiger partial charge in [0.1, 0.15) is 23.8 Å². The van der Waals surface area contributed by atoms with Crippen molar-refractivity contribution in [2.45, 2.75) is 25.7 Å². The van der Waals surface area contributed by atoms with E-state index >= 15 is 0 Å². The van der Waals surface area contributed by atoms with Gasteiger partial charge < -0.3 is 14.7 Å². The lowest BCUT2D eigenvalue weighted by Crippen LogP contribution is -2.49. The molecule has 1 aromatic heterocycles. The molecule has 1 aromatic carbocycles. The molecule has 2 fully saturated rings. The SMILES string of the molecule is O=C(Cc1ccc(F)cc1)N1CCN(c2cc(N3CCCCC3)ncn2)CC1. The highest BCUT2D eigenvalue weighted by molar-refractivity contribution is 5.79. The highest BCUT2D eigenvalue weighted by Gasteiger charge is 2.23. The number of anilines is 2. The lowest BCUT2D eigenvalue weighted by molar-refractivity contribution is -0.130. The number of piperidine rings is 1. The number of amides is 1. The van der Waals surface area contributed by atoms with E-state index in [0.29, 0.717) is 19.5 Å². The highest BCUT2D eigenvalue weighted by atomic mass is 19.1. The number of piperazine rings is 1. The maximum atomic E-state index is 13.0. The Kier molecular flexibility index (Phi) is 5.69. The molecule has 1 amide bonds. The van der Waals surface area contributed by atoms with Gasteiger partial charge in [0, 0.05) is 45.3 Å². The first kappa shape index (κ1) is 18.7. The molecule has 0 bridgehead atoms. The van der Waals surface area contributed by atoms with E-state index < -0.39 is 0 Å². The molecule has 0 radical (unpaired) electrons. The number of hydrogen-bond acceptors (Lipinski definition) is 5. The van der Waals surface area contributed by atoms with Gasteiger partial charge in [-0.1, -0.05) is 12.1 Å². The zero-order chi connectivity index (χ0) is 19.3. The van der Waals surface area contributed by atoms with Crippen molar-refractivity contribution < 1.29 is 9.18 Å². The lowest BCUT2D eigenvalue weighted by atomic mass is 10.1. The molecule has 2 aliphatic heterocycles. The van der Waals surface area contributed by atoms with Crippen LogP contribution in [0.2, 0.25) is 0 Å².